The van der Waals surface area contributed by atoms with Gasteiger partial charge in [-0.2, -0.15) is 0 Å². The average molecular weight is 310 g/mol. The highest BCUT2D eigenvalue weighted by atomic mass is 35.5. The second-order valence-corrected chi connectivity index (χ2v) is 4.66. The molecule has 0 radical (unpaired) electrons. The Morgan fingerprint density at radius 2 is 1.58 bits per heavy atom. The Bertz CT molecular complexity index is 366. The third-order valence-electron chi connectivity index (χ3n) is 2.38. The summed E-state index contributed by atoms with van der Waals surface area (Å²) in [5, 5.41) is 4.38. The van der Waals surface area contributed by atoms with E-state index in [0.29, 0.717) is 16.6 Å². The van der Waals surface area contributed by atoms with Crippen LogP contribution in [0.4, 0.5) is 0 Å². The average Bonchev–Trinajstić information content (AvgIpc) is 2.35. The van der Waals surface area contributed by atoms with Crippen LogP contribution in [-0.4, -0.2) is 27.1 Å². The molecule has 0 heterocycles. The summed E-state index contributed by atoms with van der Waals surface area (Å²) in [4.78, 5) is 18.8. The fraction of sp³-hybridized carbons (Fsp3) is 0.500. The zero-order valence-corrected chi connectivity index (χ0v) is 12.5. The highest BCUT2D eigenvalue weighted by Gasteiger charge is 2.14. The highest BCUT2D eigenvalue weighted by molar-refractivity contribution is 6.34. The Kier molecular flexibility index (Phi) is 7.63. The van der Waals surface area contributed by atoms with Gasteiger partial charge in [0.1, 0.15) is 0 Å². The molecule has 0 amide bonds. The number of benzene rings is 1. The predicted octanol–water partition coefficient (Wildman–Crippen LogP) is 3.13. The molecule has 1 unspecified atom stereocenters. The van der Waals surface area contributed by atoms with Crippen molar-refractivity contribution in [2.75, 3.05) is 20.8 Å². The molecule has 0 bridgehead atoms. The summed E-state index contributed by atoms with van der Waals surface area (Å²) in [6.45, 7) is 2.34. The number of nitrogens with one attached hydrogen (secondary N) is 1. The zero-order chi connectivity index (χ0) is 14.3. The monoisotopic (exact) mass is 309 g/mol. The van der Waals surface area contributed by atoms with Crippen LogP contribution in [0.2, 0.25) is 10.0 Å². The molecule has 0 aliphatic heterocycles. The Balaban J connectivity index is 2.55. The third kappa shape index (κ3) is 6.05. The van der Waals surface area contributed by atoms with Gasteiger partial charge in [0.25, 0.3) is 0 Å². The first-order valence-corrected chi connectivity index (χ1v) is 6.40. The van der Waals surface area contributed by atoms with Gasteiger partial charge in [-0.05, 0) is 30.7 Å². The van der Waals surface area contributed by atoms with E-state index in [4.69, 9.17) is 33.0 Å². The predicted molar refractivity (Wildman–Crippen MR) is 72.9 cm³/mol. The zero-order valence-electron chi connectivity index (χ0n) is 11.0. The van der Waals surface area contributed by atoms with E-state index in [-0.39, 0.29) is 6.04 Å². The molecule has 19 heavy (non-hydrogen) atoms. The number of rotatable bonds is 8. The summed E-state index contributed by atoms with van der Waals surface area (Å²) in [6.07, 6.45) is -0.674. The van der Waals surface area contributed by atoms with Gasteiger partial charge >= 0.3 is 0 Å². The largest absolute Gasteiger partial charge is 0.305 e. The van der Waals surface area contributed by atoms with Crippen molar-refractivity contribution in [1.82, 2.24) is 5.32 Å². The van der Waals surface area contributed by atoms with Crippen LogP contribution in [0.5, 0.6) is 0 Å². The molecule has 0 saturated carbocycles. The normalized spacial score (nSPS) is 12.9. The van der Waals surface area contributed by atoms with Crippen LogP contribution >= 0.6 is 23.2 Å². The number of hydrogen-bond donors (Lipinski definition) is 1. The summed E-state index contributed by atoms with van der Waals surface area (Å²) in [5.74, 6) is 0. The fourth-order valence-corrected chi connectivity index (χ4v) is 2.06. The Labute approximate surface area is 122 Å². The summed E-state index contributed by atoms with van der Waals surface area (Å²) < 4.78 is 0. The van der Waals surface area contributed by atoms with Gasteiger partial charge in [-0.3, -0.25) is 0 Å². The maximum absolute atomic E-state index is 5.95. The van der Waals surface area contributed by atoms with Crippen molar-refractivity contribution in [3.8, 4) is 0 Å². The molecule has 1 N–H and O–H groups in total. The summed E-state index contributed by atoms with van der Waals surface area (Å²) >= 11 is 11.9. The van der Waals surface area contributed by atoms with E-state index in [1.165, 1.54) is 14.2 Å². The minimum Gasteiger partial charge on any atom is -0.305 e. The van der Waals surface area contributed by atoms with Crippen molar-refractivity contribution in [3.63, 3.8) is 0 Å². The van der Waals surface area contributed by atoms with E-state index in [9.17, 15) is 0 Å². The Hall–Kier alpha value is -0.400. The molecular weight excluding hydrogens is 293 g/mol. The quantitative estimate of drug-likeness (QED) is 0.454. The molecule has 1 atom stereocenters. The smallest absolute Gasteiger partial charge is 0.236 e. The molecule has 0 aliphatic rings. The first-order valence-electron chi connectivity index (χ1n) is 5.65. The molecule has 1 aromatic carbocycles. The SMILES string of the molecule is COOC(CNC(C)c1cc(Cl)cc(Cl)c1)OOC. The molecule has 1 aromatic rings. The van der Waals surface area contributed by atoms with Gasteiger partial charge in [0.15, 0.2) is 0 Å². The van der Waals surface area contributed by atoms with E-state index in [0.717, 1.165) is 5.56 Å². The van der Waals surface area contributed by atoms with E-state index >= 15 is 0 Å². The second-order valence-electron chi connectivity index (χ2n) is 3.79. The van der Waals surface area contributed by atoms with E-state index in [2.05, 4.69) is 15.1 Å². The minimum atomic E-state index is -0.674. The maximum Gasteiger partial charge on any atom is 0.236 e. The van der Waals surface area contributed by atoms with Gasteiger partial charge < -0.3 is 5.32 Å². The van der Waals surface area contributed by atoms with Gasteiger partial charge in [-0.15, -0.1) is 0 Å². The van der Waals surface area contributed by atoms with Crippen LogP contribution in [0, 0.1) is 0 Å². The molecule has 108 valence electrons. The molecule has 5 nitrogen and oxygen atoms in total. The molecule has 0 aliphatic carbocycles. The van der Waals surface area contributed by atoms with Crippen LogP contribution < -0.4 is 5.32 Å². The van der Waals surface area contributed by atoms with Crippen molar-refractivity contribution < 1.29 is 19.6 Å². The van der Waals surface area contributed by atoms with Crippen molar-refractivity contribution in [3.05, 3.63) is 33.8 Å². The lowest BCUT2D eigenvalue weighted by Gasteiger charge is -2.19. The minimum absolute atomic E-state index is 0.0135. The second kappa shape index (κ2) is 8.71. The first kappa shape index (κ1) is 16.7. The van der Waals surface area contributed by atoms with Crippen molar-refractivity contribution >= 4 is 23.2 Å². The van der Waals surface area contributed by atoms with E-state index in [1.807, 2.05) is 19.1 Å². The molecule has 0 fully saturated rings. The van der Waals surface area contributed by atoms with Gasteiger partial charge in [-0.25, -0.2) is 19.6 Å². The van der Waals surface area contributed by atoms with Crippen molar-refractivity contribution in [1.29, 1.82) is 0 Å². The summed E-state index contributed by atoms with van der Waals surface area (Å²) in [6, 6.07) is 5.38. The van der Waals surface area contributed by atoms with E-state index < -0.39 is 6.29 Å². The number of halogens is 2. The van der Waals surface area contributed by atoms with Crippen molar-refractivity contribution in [2.24, 2.45) is 0 Å². The molecule has 0 saturated heterocycles. The molecule has 1 rings (SSSR count). The number of hydrogen-bond acceptors (Lipinski definition) is 5. The topological polar surface area (TPSA) is 49.0 Å². The Morgan fingerprint density at radius 1 is 1.05 bits per heavy atom. The van der Waals surface area contributed by atoms with Gasteiger partial charge in [0.2, 0.25) is 6.29 Å². The summed E-state index contributed by atoms with van der Waals surface area (Å²) in [5.41, 5.74) is 0.964. The Morgan fingerprint density at radius 3 is 2.05 bits per heavy atom. The first-order chi connectivity index (χ1) is 9.06. The van der Waals surface area contributed by atoms with Crippen LogP contribution in [0.1, 0.15) is 18.5 Å². The molecular formula is C12H17Cl2NO4. The molecule has 0 aromatic heterocycles. The lowest BCUT2D eigenvalue weighted by Crippen LogP contribution is -2.32. The van der Waals surface area contributed by atoms with Gasteiger partial charge in [-0.1, -0.05) is 23.2 Å². The van der Waals surface area contributed by atoms with Crippen LogP contribution in [0.3, 0.4) is 0 Å². The van der Waals surface area contributed by atoms with Crippen LogP contribution in [-0.2, 0) is 19.6 Å². The fourth-order valence-electron chi connectivity index (χ4n) is 1.51. The van der Waals surface area contributed by atoms with Crippen LogP contribution in [0.25, 0.3) is 0 Å². The maximum atomic E-state index is 5.95. The lowest BCUT2D eigenvalue weighted by atomic mass is 10.1. The van der Waals surface area contributed by atoms with Gasteiger partial charge in [0.05, 0.1) is 20.8 Å². The summed E-state index contributed by atoms with van der Waals surface area (Å²) in [7, 11) is 2.79. The standard InChI is InChI=1S/C12H17Cl2NO4/c1-8(9-4-10(13)6-11(14)5-9)15-7-12(18-16-2)19-17-3/h4-6,8,12,15H,7H2,1-3H3. The highest BCUT2D eigenvalue weighted by Crippen LogP contribution is 2.23. The van der Waals surface area contributed by atoms with Crippen LogP contribution in [0.15, 0.2) is 18.2 Å². The molecule has 0 spiro atoms. The van der Waals surface area contributed by atoms with E-state index in [1.54, 1.807) is 6.07 Å². The lowest BCUT2D eigenvalue weighted by molar-refractivity contribution is -0.446. The molecule has 7 heteroatoms. The third-order valence-corrected chi connectivity index (χ3v) is 2.82. The van der Waals surface area contributed by atoms with Crippen molar-refractivity contribution in [2.45, 2.75) is 19.3 Å². The van der Waals surface area contributed by atoms with Gasteiger partial charge in [0, 0.05) is 16.1 Å².